The van der Waals surface area contributed by atoms with Gasteiger partial charge in [0.2, 0.25) is 0 Å². The molecule has 0 aromatic heterocycles. The van der Waals surface area contributed by atoms with Gasteiger partial charge in [-0.1, -0.05) is 24.3 Å². The predicted molar refractivity (Wildman–Crippen MR) is 104 cm³/mol. The van der Waals surface area contributed by atoms with Gasteiger partial charge >= 0.3 is 6.03 Å². The molecule has 0 bridgehead atoms. The molecule has 6 nitrogen and oxygen atoms in total. The smallest absolute Gasteiger partial charge is 0.317 e. The van der Waals surface area contributed by atoms with Gasteiger partial charge in [-0.25, -0.2) is 4.79 Å². The topological polar surface area (TPSA) is 64.7 Å². The van der Waals surface area contributed by atoms with Crippen molar-refractivity contribution in [3.63, 3.8) is 0 Å². The first kappa shape index (κ1) is 19.3. The van der Waals surface area contributed by atoms with E-state index < -0.39 is 0 Å². The summed E-state index contributed by atoms with van der Waals surface area (Å²) in [6.07, 6.45) is 0. The lowest BCUT2D eigenvalue weighted by Gasteiger charge is -2.19. The number of benzene rings is 2. The number of carbonyl (C=O) groups excluding carboxylic acids is 2. The minimum absolute atomic E-state index is 0.124. The van der Waals surface area contributed by atoms with Gasteiger partial charge in [-0.15, -0.1) is 0 Å². The lowest BCUT2D eigenvalue weighted by molar-refractivity contribution is 0.0963. The molecule has 2 N–H and O–H groups in total. The molecule has 2 aromatic carbocycles. The number of urea groups is 1. The molecular formula is C20H26N4O2. The standard InChI is InChI=1S/C20H26N4O2/c1-21-19(25)17-9-5-15(6-10-17)13-22-20(26)24(4)14-16-7-11-18(12-8-16)23(2)3/h5-12H,13-14H2,1-4H3,(H,21,25)(H,22,26). The fourth-order valence-corrected chi connectivity index (χ4v) is 2.48. The van der Waals surface area contributed by atoms with Crippen LogP contribution in [0.25, 0.3) is 0 Å². The molecule has 0 saturated carbocycles. The summed E-state index contributed by atoms with van der Waals surface area (Å²) in [4.78, 5) is 27.5. The Bertz CT molecular complexity index is 739. The van der Waals surface area contributed by atoms with Crippen LogP contribution in [-0.4, -0.2) is 45.0 Å². The first-order chi connectivity index (χ1) is 12.4. The summed E-state index contributed by atoms with van der Waals surface area (Å²) in [5, 5.41) is 5.47. The Balaban J connectivity index is 1.85. The van der Waals surface area contributed by atoms with E-state index in [0.29, 0.717) is 18.7 Å². The lowest BCUT2D eigenvalue weighted by atomic mass is 10.1. The summed E-state index contributed by atoms with van der Waals surface area (Å²) in [5.41, 5.74) is 3.74. The van der Waals surface area contributed by atoms with E-state index in [1.54, 1.807) is 31.1 Å². The highest BCUT2D eigenvalue weighted by atomic mass is 16.2. The maximum atomic E-state index is 12.3. The highest BCUT2D eigenvalue weighted by Crippen LogP contribution is 2.13. The third-order valence-corrected chi connectivity index (χ3v) is 4.11. The van der Waals surface area contributed by atoms with E-state index in [9.17, 15) is 9.59 Å². The van der Waals surface area contributed by atoms with Crippen molar-refractivity contribution in [2.24, 2.45) is 0 Å². The van der Waals surface area contributed by atoms with E-state index >= 15 is 0 Å². The molecule has 0 heterocycles. The largest absolute Gasteiger partial charge is 0.378 e. The average Bonchev–Trinajstić information content (AvgIpc) is 2.66. The van der Waals surface area contributed by atoms with Crippen LogP contribution in [-0.2, 0) is 13.1 Å². The molecule has 0 fully saturated rings. The minimum Gasteiger partial charge on any atom is -0.378 e. The molecule has 2 rings (SSSR count). The van der Waals surface area contributed by atoms with Gasteiger partial charge in [0.15, 0.2) is 0 Å². The Kier molecular flexibility index (Phi) is 6.60. The van der Waals surface area contributed by atoms with Crippen molar-refractivity contribution in [1.82, 2.24) is 15.5 Å². The predicted octanol–water partition coefficient (Wildman–Crippen LogP) is 2.45. The molecule has 0 aliphatic heterocycles. The zero-order valence-electron chi connectivity index (χ0n) is 15.7. The van der Waals surface area contributed by atoms with Crippen molar-refractivity contribution in [2.75, 3.05) is 33.1 Å². The molecule has 0 saturated heterocycles. The number of anilines is 1. The van der Waals surface area contributed by atoms with E-state index in [0.717, 1.165) is 16.8 Å². The van der Waals surface area contributed by atoms with Gasteiger partial charge in [-0.05, 0) is 35.4 Å². The normalized spacial score (nSPS) is 10.2. The summed E-state index contributed by atoms with van der Waals surface area (Å²) in [5.74, 6) is -0.124. The van der Waals surface area contributed by atoms with E-state index in [1.165, 1.54) is 0 Å². The van der Waals surface area contributed by atoms with Crippen molar-refractivity contribution >= 4 is 17.6 Å². The quantitative estimate of drug-likeness (QED) is 0.837. The lowest BCUT2D eigenvalue weighted by Crippen LogP contribution is -2.36. The highest BCUT2D eigenvalue weighted by molar-refractivity contribution is 5.93. The molecule has 0 radical (unpaired) electrons. The van der Waals surface area contributed by atoms with E-state index in [1.807, 2.05) is 55.4 Å². The zero-order valence-corrected chi connectivity index (χ0v) is 15.7. The van der Waals surface area contributed by atoms with E-state index in [-0.39, 0.29) is 11.9 Å². The van der Waals surface area contributed by atoms with E-state index in [4.69, 9.17) is 0 Å². The molecule has 6 heteroatoms. The minimum atomic E-state index is -0.142. The van der Waals surface area contributed by atoms with Crippen molar-refractivity contribution in [2.45, 2.75) is 13.1 Å². The summed E-state index contributed by atoms with van der Waals surface area (Å²) < 4.78 is 0. The third-order valence-electron chi connectivity index (χ3n) is 4.11. The Labute approximate surface area is 154 Å². The average molecular weight is 354 g/mol. The van der Waals surface area contributed by atoms with Gasteiger partial charge in [0, 0.05) is 52.5 Å². The second-order valence-electron chi connectivity index (χ2n) is 6.35. The van der Waals surface area contributed by atoms with Gasteiger partial charge in [-0.3, -0.25) is 4.79 Å². The highest BCUT2D eigenvalue weighted by Gasteiger charge is 2.09. The molecule has 138 valence electrons. The molecule has 0 aliphatic rings. The Morgan fingerprint density at radius 3 is 2.00 bits per heavy atom. The zero-order chi connectivity index (χ0) is 19.1. The first-order valence-corrected chi connectivity index (χ1v) is 8.47. The number of nitrogens with zero attached hydrogens (tertiary/aromatic N) is 2. The van der Waals surface area contributed by atoms with Crippen molar-refractivity contribution < 1.29 is 9.59 Å². The molecule has 26 heavy (non-hydrogen) atoms. The maximum absolute atomic E-state index is 12.3. The number of amides is 3. The van der Waals surface area contributed by atoms with Crippen LogP contribution in [0.3, 0.4) is 0 Å². The van der Waals surface area contributed by atoms with Crippen LogP contribution < -0.4 is 15.5 Å². The SMILES string of the molecule is CNC(=O)c1ccc(CNC(=O)N(C)Cc2ccc(N(C)C)cc2)cc1. The summed E-state index contributed by atoms with van der Waals surface area (Å²) in [6, 6.07) is 15.1. The van der Waals surface area contributed by atoms with Crippen LogP contribution in [0, 0.1) is 0 Å². The monoisotopic (exact) mass is 354 g/mol. The molecule has 3 amide bonds. The molecule has 0 spiro atoms. The number of hydrogen-bond acceptors (Lipinski definition) is 3. The summed E-state index contributed by atoms with van der Waals surface area (Å²) >= 11 is 0. The summed E-state index contributed by atoms with van der Waals surface area (Å²) in [6.45, 7) is 0.950. The van der Waals surface area contributed by atoms with Gasteiger partial charge in [-0.2, -0.15) is 0 Å². The fourth-order valence-electron chi connectivity index (χ4n) is 2.48. The second-order valence-corrected chi connectivity index (χ2v) is 6.35. The van der Waals surface area contributed by atoms with Crippen LogP contribution in [0.4, 0.5) is 10.5 Å². The molecule has 2 aromatic rings. The number of nitrogens with one attached hydrogen (secondary N) is 2. The fraction of sp³-hybridized carbons (Fsp3) is 0.300. The van der Waals surface area contributed by atoms with E-state index in [2.05, 4.69) is 10.6 Å². The second kappa shape index (κ2) is 8.89. The number of carbonyl (C=O) groups is 2. The molecule has 0 unspecified atom stereocenters. The number of hydrogen-bond donors (Lipinski definition) is 2. The number of rotatable bonds is 6. The summed E-state index contributed by atoms with van der Waals surface area (Å²) in [7, 11) is 7.36. The molecular weight excluding hydrogens is 328 g/mol. The van der Waals surface area contributed by atoms with Crippen LogP contribution >= 0.6 is 0 Å². The maximum Gasteiger partial charge on any atom is 0.317 e. The van der Waals surface area contributed by atoms with Gasteiger partial charge in [0.1, 0.15) is 0 Å². The van der Waals surface area contributed by atoms with Gasteiger partial charge in [0.05, 0.1) is 0 Å². The van der Waals surface area contributed by atoms with Crippen LogP contribution in [0.15, 0.2) is 48.5 Å². The van der Waals surface area contributed by atoms with Gasteiger partial charge < -0.3 is 20.4 Å². The first-order valence-electron chi connectivity index (χ1n) is 8.47. The Morgan fingerprint density at radius 2 is 1.46 bits per heavy atom. The van der Waals surface area contributed by atoms with Crippen LogP contribution in [0.5, 0.6) is 0 Å². The van der Waals surface area contributed by atoms with Crippen LogP contribution in [0.1, 0.15) is 21.5 Å². The van der Waals surface area contributed by atoms with Crippen LogP contribution in [0.2, 0.25) is 0 Å². The Morgan fingerprint density at radius 1 is 0.885 bits per heavy atom. The van der Waals surface area contributed by atoms with Crippen molar-refractivity contribution in [3.05, 3.63) is 65.2 Å². The Hall–Kier alpha value is -3.02. The molecule has 0 aliphatic carbocycles. The van der Waals surface area contributed by atoms with Crippen molar-refractivity contribution in [1.29, 1.82) is 0 Å². The third kappa shape index (κ3) is 5.24. The van der Waals surface area contributed by atoms with Crippen molar-refractivity contribution in [3.8, 4) is 0 Å². The molecule has 0 atom stereocenters. The van der Waals surface area contributed by atoms with Gasteiger partial charge in [0.25, 0.3) is 5.91 Å².